The molecular weight excluding hydrogens is 234 g/mol. The van der Waals surface area contributed by atoms with Crippen LogP contribution in [0.5, 0.6) is 0 Å². The van der Waals surface area contributed by atoms with E-state index in [4.69, 9.17) is 5.26 Å². The Labute approximate surface area is 116 Å². The molecule has 0 amide bonds. The molecule has 0 saturated carbocycles. The molecule has 1 saturated heterocycles. The van der Waals surface area contributed by atoms with E-state index < -0.39 is 0 Å². The standard InChI is InChI=1S/C16H23N3/c1-13-5-4-6-15(9-13)19-11-14(2)10-18(3)16(12-19)7-8-17/h4-6,9,14,16H,7,10-12H2,1-3H3. The summed E-state index contributed by atoms with van der Waals surface area (Å²) in [7, 11) is 2.14. The highest BCUT2D eigenvalue weighted by molar-refractivity contribution is 5.48. The summed E-state index contributed by atoms with van der Waals surface area (Å²) in [4.78, 5) is 4.77. The second kappa shape index (κ2) is 6.08. The van der Waals surface area contributed by atoms with E-state index in [-0.39, 0.29) is 0 Å². The van der Waals surface area contributed by atoms with E-state index in [0.29, 0.717) is 18.4 Å². The highest BCUT2D eigenvalue weighted by Crippen LogP contribution is 2.22. The van der Waals surface area contributed by atoms with Crippen molar-refractivity contribution < 1.29 is 0 Å². The van der Waals surface area contributed by atoms with Gasteiger partial charge in [0, 0.05) is 31.4 Å². The van der Waals surface area contributed by atoms with Gasteiger partial charge in [-0.05, 0) is 37.6 Å². The third-order valence-electron chi connectivity index (χ3n) is 3.88. The van der Waals surface area contributed by atoms with Crippen molar-refractivity contribution >= 4 is 5.69 Å². The third kappa shape index (κ3) is 3.48. The summed E-state index contributed by atoms with van der Waals surface area (Å²) in [5.41, 5.74) is 2.57. The zero-order chi connectivity index (χ0) is 13.8. The van der Waals surface area contributed by atoms with Crippen molar-refractivity contribution in [1.29, 1.82) is 5.26 Å². The molecule has 0 N–H and O–H groups in total. The Hall–Kier alpha value is -1.53. The molecule has 3 heteroatoms. The third-order valence-corrected chi connectivity index (χ3v) is 3.88. The number of benzene rings is 1. The van der Waals surface area contributed by atoms with Gasteiger partial charge in [-0.2, -0.15) is 5.26 Å². The summed E-state index contributed by atoms with van der Waals surface area (Å²) in [6, 6.07) is 11.3. The lowest BCUT2D eigenvalue weighted by Gasteiger charge is -2.28. The van der Waals surface area contributed by atoms with Gasteiger partial charge in [-0.1, -0.05) is 19.1 Å². The molecule has 1 fully saturated rings. The number of hydrogen-bond donors (Lipinski definition) is 0. The smallest absolute Gasteiger partial charge is 0.0638 e. The van der Waals surface area contributed by atoms with Crippen molar-refractivity contribution in [2.75, 3.05) is 31.6 Å². The van der Waals surface area contributed by atoms with Crippen LogP contribution < -0.4 is 4.90 Å². The van der Waals surface area contributed by atoms with Crippen LogP contribution in [0.1, 0.15) is 18.9 Å². The van der Waals surface area contributed by atoms with Gasteiger partial charge in [0.1, 0.15) is 0 Å². The Morgan fingerprint density at radius 2 is 2.11 bits per heavy atom. The van der Waals surface area contributed by atoms with Crippen LogP contribution in [0.25, 0.3) is 0 Å². The maximum Gasteiger partial charge on any atom is 0.0638 e. The van der Waals surface area contributed by atoms with Crippen LogP contribution in [0, 0.1) is 24.2 Å². The molecular formula is C16H23N3. The van der Waals surface area contributed by atoms with Crippen LogP contribution in [-0.4, -0.2) is 37.6 Å². The Morgan fingerprint density at radius 1 is 1.32 bits per heavy atom. The molecule has 1 aliphatic rings. The quantitative estimate of drug-likeness (QED) is 0.816. The highest BCUT2D eigenvalue weighted by atomic mass is 15.2. The van der Waals surface area contributed by atoms with E-state index in [2.05, 4.69) is 61.0 Å². The van der Waals surface area contributed by atoms with Gasteiger partial charge < -0.3 is 9.80 Å². The number of anilines is 1. The molecule has 1 aromatic carbocycles. The first-order valence-corrected chi connectivity index (χ1v) is 6.99. The summed E-state index contributed by atoms with van der Waals surface area (Å²) in [5, 5.41) is 9.00. The zero-order valence-corrected chi connectivity index (χ0v) is 12.1. The zero-order valence-electron chi connectivity index (χ0n) is 12.1. The first kappa shape index (κ1) is 13.9. The number of rotatable bonds is 2. The lowest BCUT2D eigenvalue weighted by atomic mass is 10.1. The molecule has 0 spiro atoms. The highest BCUT2D eigenvalue weighted by Gasteiger charge is 2.25. The van der Waals surface area contributed by atoms with Crippen molar-refractivity contribution in [2.24, 2.45) is 5.92 Å². The molecule has 102 valence electrons. The van der Waals surface area contributed by atoms with Crippen molar-refractivity contribution in [2.45, 2.75) is 26.3 Å². The first-order valence-electron chi connectivity index (χ1n) is 6.99. The lowest BCUT2D eigenvalue weighted by molar-refractivity contribution is 0.241. The second-order valence-corrected chi connectivity index (χ2v) is 5.80. The summed E-state index contributed by atoms with van der Waals surface area (Å²) in [5.74, 6) is 0.620. The van der Waals surface area contributed by atoms with Crippen molar-refractivity contribution in [3.63, 3.8) is 0 Å². The number of likely N-dealkylation sites (N-methyl/N-ethyl adjacent to an activating group) is 1. The minimum atomic E-state index is 0.329. The Kier molecular flexibility index (Phi) is 4.44. The predicted octanol–water partition coefficient (Wildman–Crippen LogP) is 2.67. The number of aryl methyl sites for hydroxylation is 1. The van der Waals surface area contributed by atoms with Crippen LogP contribution >= 0.6 is 0 Å². The molecule has 0 bridgehead atoms. The second-order valence-electron chi connectivity index (χ2n) is 5.80. The van der Waals surface area contributed by atoms with Gasteiger partial charge in [-0.15, -0.1) is 0 Å². The monoisotopic (exact) mass is 257 g/mol. The molecule has 19 heavy (non-hydrogen) atoms. The Morgan fingerprint density at radius 3 is 2.79 bits per heavy atom. The summed E-state index contributed by atoms with van der Waals surface area (Å²) in [6.07, 6.45) is 0.603. The molecule has 1 heterocycles. The van der Waals surface area contributed by atoms with Gasteiger partial charge in [0.05, 0.1) is 12.5 Å². The minimum absolute atomic E-state index is 0.329. The van der Waals surface area contributed by atoms with Gasteiger partial charge in [0.2, 0.25) is 0 Å². The average molecular weight is 257 g/mol. The molecule has 2 atom stereocenters. The lowest BCUT2D eigenvalue weighted by Crippen LogP contribution is -2.38. The van der Waals surface area contributed by atoms with Gasteiger partial charge >= 0.3 is 0 Å². The van der Waals surface area contributed by atoms with Gasteiger partial charge in [0.25, 0.3) is 0 Å². The fraction of sp³-hybridized carbons (Fsp3) is 0.562. The van der Waals surface area contributed by atoms with Crippen LogP contribution in [0.2, 0.25) is 0 Å². The maximum absolute atomic E-state index is 9.00. The Bertz CT molecular complexity index is 463. The van der Waals surface area contributed by atoms with E-state index >= 15 is 0 Å². The first-order chi connectivity index (χ1) is 9.10. The number of nitriles is 1. The molecule has 3 nitrogen and oxygen atoms in total. The molecule has 2 rings (SSSR count). The van der Waals surface area contributed by atoms with E-state index in [9.17, 15) is 0 Å². The topological polar surface area (TPSA) is 30.3 Å². The fourth-order valence-electron chi connectivity index (χ4n) is 2.90. The summed E-state index contributed by atoms with van der Waals surface area (Å²) >= 11 is 0. The van der Waals surface area contributed by atoms with E-state index in [1.54, 1.807) is 0 Å². The molecule has 1 aromatic rings. The normalized spacial score (nSPS) is 24.8. The van der Waals surface area contributed by atoms with Crippen LogP contribution in [0.3, 0.4) is 0 Å². The van der Waals surface area contributed by atoms with E-state index in [1.165, 1.54) is 11.3 Å². The molecule has 2 unspecified atom stereocenters. The van der Waals surface area contributed by atoms with Crippen LogP contribution in [0.15, 0.2) is 24.3 Å². The SMILES string of the molecule is Cc1cccc(N2CC(C)CN(C)C(CC#N)C2)c1. The van der Waals surface area contributed by atoms with Crippen molar-refractivity contribution in [3.8, 4) is 6.07 Å². The molecule has 1 aliphatic heterocycles. The van der Waals surface area contributed by atoms with Gasteiger partial charge in [-0.3, -0.25) is 0 Å². The van der Waals surface area contributed by atoms with E-state index in [0.717, 1.165) is 19.6 Å². The van der Waals surface area contributed by atoms with Crippen LogP contribution in [0.4, 0.5) is 5.69 Å². The van der Waals surface area contributed by atoms with Gasteiger partial charge in [-0.25, -0.2) is 0 Å². The van der Waals surface area contributed by atoms with Crippen molar-refractivity contribution in [3.05, 3.63) is 29.8 Å². The predicted molar refractivity (Wildman–Crippen MR) is 79.2 cm³/mol. The number of hydrogen-bond acceptors (Lipinski definition) is 3. The van der Waals surface area contributed by atoms with Crippen molar-refractivity contribution in [1.82, 2.24) is 4.90 Å². The number of nitrogens with zero attached hydrogens (tertiary/aromatic N) is 3. The molecule has 0 aromatic heterocycles. The average Bonchev–Trinajstić information content (AvgIpc) is 2.49. The fourth-order valence-corrected chi connectivity index (χ4v) is 2.90. The largest absolute Gasteiger partial charge is 0.370 e. The Balaban J connectivity index is 2.21. The van der Waals surface area contributed by atoms with Crippen LogP contribution in [-0.2, 0) is 0 Å². The molecule has 0 radical (unpaired) electrons. The summed E-state index contributed by atoms with van der Waals surface area (Å²) in [6.45, 7) is 7.49. The van der Waals surface area contributed by atoms with E-state index in [1.807, 2.05) is 0 Å². The van der Waals surface area contributed by atoms with Gasteiger partial charge in [0.15, 0.2) is 0 Å². The minimum Gasteiger partial charge on any atom is -0.370 e. The molecule has 0 aliphatic carbocycles. The maximum atomic E-state index is 9.00. The summed E-state index contributed by atoms with van der Waals surface area (Å²) < 4.78 is 0.